The monoisotopic (exact) mass is 274 g/mol. The molecule has 2 aliphatic rings. The van der Waals surface area contributed by atoms with Crippen molar-refractivity contribution in [3.05, 3.63) is 29.8 Å². The summed E-state index contributed by atoms with van der Waals surface area (Å²) in [6, 6.07) is 8.31. The van der Waals surface area contributed by atoms with E-state index in [2.05, 4.69) is 0 Å². The SMILES string of the molecule is CN(CC1CC(N)C1)C(=O)C1COc2ccccc2C1. The van der Waals surface area contributed by atoms with Crippen LogP contribution in [0.4, 0.5) is 0 Å². The molecule has 1 unspecified atom stereocenters. The molecule has 1 saturated carbocycles. The number of nitrogens with zero attached hydrogens (tertiary/aromatic N) is 1. The zero-order valence-corrected chi connectivity index (χ0v) is 11.9. The van der Waals surface area contributed by atoms with E-state index in [4.69, 9.17) is 10.5 Å². The van der Waals surface area contributed by atoms with E-state index in [-0.39, 0.29) is 11.8 Å². The smallest absolute Gasteiger partial charge is 0.229 e. The predicted octanol–water partition coefficient (Wildman–Crippen LogP) is 1.43. The van der Waals surface area contributed by atoms with Crippen LogP contribution in [-0.4, -0.2) is 37.0 Å². The Hall–Kier alpha value is -1.55. The summed E-state index contributed by atoms with van der Waals surface area (Å²) < 4.78 is 5.70. The van der Waals surface area contributed by atoms with Gasteiger partial charge in [-0.1, -0.05) is 18.2 Å². The molecule has 1 heterocycles. The van der Waals surface area contributed by atoms with E-state index in [0.717, 1.165) is 37.1 Å². The number of hydrogen-bond acceptors (Lipinski definition) is 3. The molecule has 1 fully saturated rings. The summed E-state index contributed by atoms with van der Waals surface area (Å²) in [5.41, 5.74) is 6.93. The van der Waals surface area contributed by atoms with E-state index in [0.29, 0.717) is 18.6 Å². The molecule has 0 saturated heterocycles. The molecule has 3 rings (SSSR count). The van der Waals surface area contributed by atoms with Gasteiger partial charge >= 0.3 is 0 Å². The first-order valence-electron chi connectivity index (χ1n) is 7.34. The van der Waals surface area contributed by atoms with E-state index >= 15 is 0 Å². The second kappa shape index (κ2) is 5.44. The van der Waals surface area contributed by atoms with Crippen molar-refractivity contribution < 1.29 is 9.53 Å². The lowest BCUT2D eigenvalue weighted by Crippen LogP contribution is -2.46. The van der Waals surface area contributed by atoms with Crippen molar-refractivity contribution in [3.63, 3.8) is 0 Å². The van der Waals surface area contributed by atoms with E-state index in [1.807, 2.05) is 36.2 Å². The Balaban J connectivity index is 1.58. The van der Waals surface area contributed by atoms with Gasteiger partial charge in [-0.3, -0.25) is 4.79 Å². The highest BCUT2D eigenvalue weighted by Gasteiger charge is 2.32. The normalized spacial score (nSPS) is 28.0. The average Bonchev–Trinajstić information content (AvgIpc) is 2.44. The summed E-state index contributed by atoms with van der Waals surface area (Å²) in [7, 11) is 1.90. The van der Waals surface area contributed by atoms with Crippen LogP contribution < -0.4 is 10.5 Å². The lowest BCUT2D eigenvalue weighted by atomic mass is 9.80. The van der Waals surface area contributed by atoms with Gasteiger partial charge in [0.1, 0.15) is 12.4 Å². The number of nitrogens with two attached hydrogens (primary N) is 1. The Morgan fingerprint density at radius 3 is 2.90 bits per heavy atom. The molecule has 1 aromatic rings. The van der Waals surface area contributed by atoms with Crippen molar-refractivity contribution in [2.24, 2.45) is 17.6 Å². The van der Waals surface area contributed by atoms with Gasteiger partial charge in [0.25, 0.3) is 0 Å². The molecule has 1 atom stereocenters. The van der Waals surface area contributed by atoms with Crippen LogP contribution in [0.1, 0.15) is 18.4 Å². The minimum atomic E-state index is -0.0522. The molecular formula is C16H22N2O2. The third-order valence-electron chi connectivity index (χ3n) is 4.41. The minimum absolute atomic E-state index is 0.0522. The zero-order valence-electron chi connectivity index (χ0n) is 11.9. The molecule has 0 radical (unpaired) electrons. The number of carbonyl (C=O) groups is 1. The topological polar surface area (TPSA) is 55.6 Å². The third kappa shape index (κ3) is 2.66. The van der Waals surface area contributed by atoms with Gasteiger partial charge in [-0.25, -0.2) is 0 Å². The molecule has 108 valence electrons. The van der Waals surface area contributed by atoms with Crippen molar-refractivity contribution in [3.8, 4) is 5.75 Å². The van der Waals surface area contributed by atoms with E-state index in [1.54, 1.807) is 0 Å². The first-order valence-corrected chi connectivity index (χ1v) is 7.34. The largest absolute Gasteiger partial charge is 0.492 e. The second-order valence-electron chi connectivity index (χ2n) is 6.14. The molecular weight excluding hydrogens is 252 g/mol. The minimum Gasteiger partial charge on any atom is -0.492 e. The number of benzene rings is 1. The van der Waals surface area contributed by atoms with Gasteiger partial charge in [-0.05, 0) is 36.8 Å². The molecule has 0 aromatic heterocycles. The van der Waals surface area contributed by atoms with Crippen LogP contribution in [0.3, 0.4) is 0 Å². The van der Waals surface area contributed by atoms with Crippen LogP contribution >= 0.6 is 0 Å². The number of hydrogen-bond donors (Lipinski definition) is 1. The van der Waals surface area contributed by atoms with Gasteiger partial charge in [0, 0.05) is 19.6 Å². The maximum atomic E-state index is 12.5. The van der Waals surface area contributed by atoms with Crippen LogP contribution in [0.15, 0.2) is 24.3 Å². The van der Waals surface area contributed by atoms with Crippen molar-refractivity contribution in [1.29, 1.82) is 0 Å². The number of para-hydroxylation sites is 1. The van der Waals surface area contributed by atoms with Gasteiger partial charge in [0.05, 0.1) is 5.92 Å². The first kappa shape index (κ1) is 13.4. The van der Waals surface area contributed by atoms with Gasteiger partial charge in [0.2, 0.25) is 5.91 Å². The number of ether oxygens (including phenoxy) is 1. The van der Waals surface area contributed by atoms with Gasteiger partial charge in [-0.15, -0.1) is 0 Å². The summed E-state index contributed by atoms with van der Waals surface area (Å²) in [6.45, 7) is 1.31. The number of fused-ring (bicyclic) bond motifs is 1. The second-order valence-corrected chi connectivity index (χ2v) is 6.14. The van der Waals surface area contributed by atoms with Crippen LogP contribution in [0, 0.1) is 11.8 Å². The van der Waals surface area contributed by atoms with E-state index in [9.17, 15) is 4.79 Å². The highest BCUT2D eigenvalue weighted by atomic mass is 16.5. The molecule has 1 aliphatic carbocycles. The van der Waals surface area contributed by atoms with Gasteiger partial charge in [0.15, 0.2) is 0 Å². The molecule has 0 bridgehead atoms. The van der Waals surface area contributed by atoms with Gasteiger partial charge < -0.3 is 15.4 Å². The molecule has 1 amide bonds. The Kier molecular flexibility index (Phi) is 3.66. The third-order valence-corrected chi connectivity index (χ3v) is 4.41. The number of carbonyl (C=O) groups excluding carboxylic acids is 1. The highest BCUT2D eigenvalue weighted by molar-refractivity contribution is 5.79. The van der Waals surface area contributed by atoms with Crippen LogP contribution in [-0.2, 0) is 11.2 Å². The summed E-state index contributed by atoms with van der Waals surface area (Å²) in [4.78, 5) is 14.3. The quantitative estimate of drug-likeness (QED) is 0.907. The zero-order chi connectivity index (χ0) is 14.1. The van der Waals surface area contributed by atoms with Crippen LogP contribution in [0.25, 0.3) is 0 Å². The Labute approximate surface area is 119 Å². The molecule has 4 heteroatoms. The summed E-state index contributed by atoms with van der Waals surface area (Å²) in [5, 5.41) is 0. The lowest BCUT2D eigenvalue weighted by Gasteiger charge is -2.36. The Bertz CT molecular complexity index is 497. The molecule has 1 aliphatic heterocycles. The fourth-order valence-electron chi connectivity index (χ4n) is 3.21. The molecule has 0 spiro atoms. The first-order chi connectivity index (χ1) is 9.63. The summed E-state index contributed by atoms with van der Waals surface area (Å²) in [6.07, 6.45) is 2.87. The Morgan fingerprint density at radius 1 is 1.40 bits per heavy atom. The molecule has 4 nitrogen and oxygen atoms in total. The Morgan fingerprint density at radius 2 is 2.15 bits per heavy atom. The fourth-order valence-corrected chi connectivity index (χ4v) is 3.21. The molecule has 2 N–H and O–H groups in total. The van der Waals surface area contributed by atoms with Crippen molar-refractivity contribution in [2.75, 3.05) is 20.2 Å². The molecule has 1 aromatic carbocycles. The van der Waals surface area contributed by atoms with Crippen molar-refractivity contribution in [2.45, 2.75) is 25.3 Å². The predicted molar refractivity (Wildman–Crippen MR) is 77.5 cm³/mol. The lowest BCUT2D eigenvalue weighted by molar-refractivity contribution is -0.136. The molecule has 20 heavy (non-hydrogen) atoms. The highest BCUT2D eigenvalue weighted by Crippen LogP contribution is 2.29. The van der Waals surface area contributed by atoms with E-state index in [1.165, 1.54) is 0 Å². The summed E-state index contributed by atoms with van der Waals surface area (Å²) >= 11 is 0. The number of rotatable bonds is 3. The number of amides is 1. The van der Waals surface area contributed by atoms with E-state index < -0.39 is 0 Å². The summed E-state index contributed by atoms with van der Waals surface area (Å²) in [5.74, 6) is 1.64. The standard InChI is InChI=1S/C16H22N2O2/c1-18(9-11-6-14(17)7-11)16(19)13-8-12-4-2-3-5-15(12)20-10-13/h2-5,11,13-14H,6-10,17H2,1H3. The fraction of sp³-hybridized carbons (Fsp3) is 0.562. The van der Waals surface area contributed by atoms with Gasteiger partial charge in [-0.2, -0.15) is 0 Å². The average molecular weight is 274 g/mol. The maximum Gasteiger partial charge on any atom is 0.229 e. The van der Waals surface area contributed by atoms with Crippen LogP contribution in [0.5, 0.6) is 5.75 Å². The van der Waals surface area contributed by atoms with Crippen molar-refractivity contribution in [1.82, 2.24) is 4.90 Å². The maximum absolute atomic E-state index is 12.5. The van der Waals surface area contributed by atoms with Crippen molar-refractivity contribution >= 4 is 5.91 Å². The van der Waals surface area contributed by atoms with Crippen LogP contribution in [0.2, 0.25) is 0 Å².